The van der Waals surface area contributed by atoms with Crippen LogP contribution in [0.5, 0.6) is 0 Å². The summed E-state index contributed by atoms with van der Waals surface area (Å²) >= 11 is 0. The number of carbonyl (C=O) groups excluding carboxylic acids is 1. The van der Waals surface area contributed by atoms with Gasteiger partial charge in [-0.3, -0.25) is 4.79 Å². The van der Waals surface area contributed by atoms with Gasteiger partial charge in [0.05, 0.1) is 6.04 Å². The van der Waals surface area contributed by atoms with Crippen LogP contribution in [0, 0.1) is 5.92 Å². The molecule has 0 spiro atoms. The molecule has 0 radical (unpaired) electrons. The van der Waals surface area contributed by atoms with E-state index in [0.717, 1.165) is 39.0 Å². The van der Waals surface area contributed by atoms with E-state index < -0.39 is 0 Å². The molecule has 3 heteroatoms. The zero-order valence-corrected chi connectivity index (χ0v) is 13.0. The molecule has 114 valence electrons. The molecule has 0 aliphatic carbocycles. The zero-order valence-electron chi connectivity index (χ0n) is 13.0. The van der Waals surface area contributed by atoms with Crippen molar-refractivity contribution in [2.45, 2.75) is 38.6 Å². The van der Waals surface area contributed by atoms with Crippen LogP contribution in [0.3, 0.4) is 0 Å². The van der Waals surface area contributed by atoms with Gasteiger partial charge in [-0.1, -0.05) is 37.3 Å². The number of benzene rings is 1. The summed E-state index contributed by atoms with van der Waals surface area (Å²) in [7, 11) is 0. The molecule has 3 nitrogen and oxygen atoms in total. The lowest BCUT2D eigenvalue weighted by Gasteiger charge is -2.42. The second kappa shape index (κ2) is 6.61. The Labute approximate surface area is 127 Å². The molecule has 0 saturated carbocycles. The highest BCUT2D eigenvalue weighted by Crippen LogP contribution is 2.34. The van der Waals surface area contributed by atoms with Gasteiger partial charge in [-0.05, 0) is 50.4 Å². The predicted molar refractivity (Wildman–Crippen MR) is 85.0 cm³/mol. The summed E-state index contributed by atoms with van der Waals surface area (Å²) in [4.78, 5) is 17.1. The molecule has 0 unspecified atom stereocenters. The van der Waals surface area contributed by atoms with E-state index in [9.17, 15) is 4.79 Å². The van der Waals surface area contributed by atoms with Crippen molar-refractivity contribution < 1.29 is 4.79 Å². The average molecular weight is 286 g/mol. The smallest absolute Gasteiger partial charge is 0.223 e. The van der Waals surface area contributed by atoms with Crippen molar-refractivity contribution in [3.63, 3.8) is 0 Å². The molecule has 2 fully saturated rings. The number of piperidine rings is 1. The second-order valence-corrected chi connectivity index (χ2v) is 6.38. The van der Waals surface area contributed by atoms with Gasteiger partial charge < -0.3 is 9.80 Å². The van der Waals surface area contributed by atoms with Crippen LogP contribution in [0.25, 0.3) is 0 Å². The van der Waals surface area contributed by atoms with Gasteiger partial charge in [0.1, 0.15) is 0 Å². The number of likely N-dealkylation sites (tertiary alicyclic amines) is 2. The average Bonchev–Trinajstić information content (AvgIpc) is 2.48. The number of hydrogen-bond acceptors (Lipinski definition) is 2. The van der Waals surface area contributed by atoms with E-state index >= 15 is 0 Å². The SMILES string of the molecule is CCN1CCC(CC(=O)N2CC[C@H]2c2ccccc2)CC1. The summed E-state index contributed by atoms with van der Waals surface area (Å²) in [5.41, 5.74) is 1.29. The Bertz CT molecular complexity index is 465. The van der Waals surface area contributed by atoms with E-state index in [2.05, 4.69) is 41.0 Å². The third kappa shape index (κ3) is 3.29. The van der Waals surface area contributed by atoms with Crippen LogP contribution in [-0.2, 0) is 4.79 Å². The van der Waals surface area contributed by atoms with E-state index in [4.69, 9.17) is 0 Å². The van der Waals surface area contributed by atoms with Crippen molar-refractivity contribution in [3.8, 4) is 0 Å². The fraction of sp³-hybridized carbons (Fsp3) is 0.611. The Morgan fingerprint density at radius 1 is 1.10 bits per heavy atom. The molecule has 1 aromatic rings. The van der Waals surface area contributed by atoms with Crippen LogP contribution in [-0.4, -0.2) is 41.9 Å². The summed E-state index contributed by atoms with van der Waals surface area (Å²) in [5, 5.41) is 0. The van der Waals surface area contributed by atoms with Crippen molar-refractivity contribution in [2.75, 3.05) is 26.2 Å². The third-order valence-corrected chi connectivity index (χ3v) is 5.14. The van der Waals surface area contributed by atoms with Crippen LogP contribution in [0.2, 0.25) is 0 Å². The summed E-state index contributed by atoms with van der Waals surface area (Å²) in [5.74, 6) is 0.961. The highest BCUT2D eigenvalue weighted by molar-refractivity contribution is 5.77. The number of amides is 1. The monoisotopic (exact) mass is 286 g/mol. The van der Waals surface area contributed by atoms with Crippen molar-refractivity contribution in [1.82, 2.24) is 9.80 Å². The van der Waals surface area contributed by atoms with E-state index in [-0.39, 0.29) is 0 Å². The van der Waals surface area contributed by atoms with Gasteiger partial charge in [0.15, 0.2) is 0 Å². The third-order valence-electron chi connectivity index (χ3n) is 5.14. The van der Waals surface area contributed by atoms with Gasteiger partial charge in [-0.25, -0.2) is 0 Å². The highest BCUT2D eigenvalue weighted by Gasteiger charge is 2.34. The van der Waals surface area contributed by atoms with Crippen molar-refractivity contribution in [3.05, 3.63) is 35.9 Å². The minimum absolute atomic E-state index is 0.328. The number of hydrogen-bond donors (Lipinski definition) is 0. The molecule has 2 heterocycles. The maximum Gasteiger partial charge on any atom is 0.223 e. The Morgan fingerprint density at radius 3 is 2.38 bits per heavy atom. The summed E-state index contributed by atoms with van der Waals surface area (Å²) in [6.45, 7) is 6.62. The molecular formula is C18H26N2O. The van der Waals surface area contributed by atoms with Crippen LogP contribution < -0.4 is 0 Å². The van der Waals surface area contributed by atoms with Crippen LogP contribution in [0.15, 0.2) is 30.3 Å². The Morgan fingerprint density at radius 2 is 1.81 bits per heavy atom. The molecule has 2 aliphatic rings. The second-order valence-electron chi connectivity index (χ2n) is 6.38. The van der Waals surface area contributed by atoms with Gasteiger partial charge in [0.2, 0.25) is 5.91 Å². The Hall–Kier alpha value is -1.35. The molecule has 1 atom stereocenters. The minimum Gasteiger partial charge on any atom is -0.335 e. The van der Waals surface area contributed by atoms with Gasteiger partial charge in [0.25, 0.3) is 0 Å². The molecular weight excluding hydrogens is 260 g/mol. The topological polar surface area (TPSA) is 23.6 Å². The molecule has 2 aliphatic heterocycles. The number of carbonyl (C=O) groups is 1. The molecule has 0 aromatic heterocycles. The Balaban J connectivity index is 1.52. The Kier molecular flexibility index (Phi) is 4.59. The molecule has 21 heavy (non-hydrogen) atoms. The maximum absolute atomic E-state index is 12.5. The normalized spacial score (nSPS) is 23.9. The maximum atomic E-state index is 12.5. The molecule has 2 saturated heterocycles. The first-order valence-corrected chi connectivity index (χ1v) is 8.34. The number of nitrogens with zero attached hydrogens (tertiary/aromatic N) is 2. The van der Waals surface area contributed by atoms with Crippen LogP contribution in [0.4, 0.5) is 0 Å². The largest absolute Gasteiger partial charge is 0.335 e. The van der Waals surface area contributed by atoms with Crippen LogP contribution >= 0.6 is 0 Å². The fourth-order valence-electron chi connectivity index (χ4n) is 3.58. The predicted octanol–water partition coefficient (Wildman–Crippen LogP) is 3.08. The first-order valence-electron chi connectivity index (χ1n) is 8.34. The quantitative estimate of drug-likeness (QED) is 0.849. The standard InChI is InChI=1S/C18H26N2O/c1-2-19-11-8-15(9-12-19)14-18(21)20-13-10-17(20)16-6-4-3-5-7-16/h3-7,15,17H,2,8-14H2,1H3/t17-/m0/s1. The van der Waals surface area contributed by atoms with Crippen molar-refractivity contribution >= 4 is 5.91 Å². The van der Waals surface area contributed by atoms with Crippen molar-refractivity contribution in [2.24, 2.45) is 5.92 Å². The van der Waals surface area contributed by atoms with Gasteiger partial charge in [0, 0.05) is 13.0 Å². The van der Waals surface area contributed by atoms with E-state index in [1.54, 1.807) is 0 Å². The fourth-order valence-corrected chi connectivity index (χ4v) is 3.58. The molecule has 3 rings (SSSR count). The molecule has 1 amide bonds. The molecule has 0 N–H and O–H groups in total. The first kappa shape index (κ1) is 14.6. The zero-order chi connectivity index (χ0) is 14.7. The highest BCUT2D eigenvalue weighted by atomic mass is 16.2. The number of rotatable bonds is 4. The summed E-state index contributed by atoms with van der Waals surface area (Å²) < 4.78 is 0. The van der Waals surface area contributed by atoms with Gasteiger partial charge >= 0.3 is 0 Å². The first-order chi connectivity index (χ1) is 10.3. The minimum atomic E-state index is 0.328. The lowest BCUT2D eigenvalue weighted by atomic mass is 9.90. The molecule has 0 bridgehead atoms. The van der Waals surface area contributed by atoms with E-state index in [1.807, 2.05) is 6.07 Å². The van der Waals surface area contributed by atoms with Gasteiger partial charge in [-0.15, -0.1) is 0 Å². The van der Waals surface area contributed by atoms with E-state index in [0.29, 0.717) is 17.9 Å². The summed E-state index contributed by atoms with van der Waals surface area (Å²) in [6.07, 6.45) is 4.23. The summed E-state index contributed by atoms with van der Waals surface area (Å²) in [6, 6.07) is 10.8. The van der Waals surface area contributed by atoms with Crippen molar-refractivity contribution in [1.29, 1.82) is 0 Å². The lowest BCUT2D eigenvalue weighted by molar-refractivity contribution is -0.140. The van der Waals surface area contributed by atoms with E-state index in [1.165, 1.54) is 18.4 Å². The molecule has 1 aromatic carbocycles. The lowest BCUT2D eigenvalue weighted by Crippen LogP contribution is -2.46. The van der Waals surface area contributed by atoms with Crippen LogP contribution in [0.1, 0.15) is 44.2 Å². The van der Waals surface area contributed by atoms with Gasteiger partial charge in [-0.2, -0.15) is 0 Å².